The summed E-state index contributed by atoms with van der Waals surface area (Å²) in [5.74, 6) is 0.784. The monoisotopic (exact) mass is 473 g/mol. The molecular formula is C22H33Cl2N3O2S. The van der Waals surface area contributed by atoms with Gasteiger partial charge in [-0.1, -0.05) is 36.4 Å². The van der Waals surface area contributed by atoms with Crippen molar-refractivity contribution in [1.29, 1.82) is 0 Å². The van der Waals surface area contributed by atoms with Crippen molar-refractivity contribution in [2.24, 2.45) is 5.73 Å². The summed E-state index contributed by atoms with van der Waals surface area (Å²) in [5.41, 5.74) is 6.93. The van der Waals surface area contributed by atoms with E-state index in [9.17, 15) is 4.79 Å². The second-order valence-electron chi connectivity index (χ2n) is 7.50. The highest BCUT2D eigenvalue weighted by atomic mass is 35.5. The smallest absolute Gasteiger partial charge is 0.254 e. The van der Waals surface area contributed by atoms with Gasteiger partial charge in [0.05, 0.1) is 0 Å². The van der Waals surface area contributed by atoms with Gasteiger partial charge in [0.25, 0.3) is 5.91 Å². The number of piperazine rings is 1. The van der Waals surface area contributed by atoms with Crippen LogP contribution in [0.4, 0.5) is 0 Å². The van der Waals surface area contributed by atoms with Crippen molar-refractivity contribution in [3.8, 4) is 0 Å². The number of hydrogen-bond acceptors (Lipinski definition) is 5. The molecule has 1 heterocycles. The van der Waals surface area contributed by atoms with Gasteiger partial charge in [0, 0.05) is 63.3 Å². The zero-order valence-electron chi connectivity index (χ0n) is 17.4. The van der Waals surface area contributed by atoms with Gasteiger partial charge in [-0.25, -0.2) is 0 Å². The Kier molecular flexibility index (Phi) is 12.1. The van der Waals surface area contributed by atoms with E-state index in [0.29, 0.717) is 11.8 Å². The first kappa shape index (κ1) is 27.0. The second-order valence-corrected chi connectivity index (χ2v) is 7.87. The van der Waals surface area contributed by atoms with Gasteiger partial charge < -0.3 is 15.4 Å². The van der Waals surface area contributed by atoms with Gasteiger partial charge in [0.15, 0.2) is 0 Å². The first-order valence-corrected chi connectivity index (χ1v) is 10.6. The van der Waals surface area contributed by atoms with Gasteiger partial charge >= 0.3 is 0 Å². The number of halogens is 2. The van der Waals surface area contributed by atoms with Crippen molar-refractivity contribution in [2.45, 2.75) is 24.9 Å². The van der Waals surface area contributed by atoms with Crippen LogP contribution in [-0.2, 0) is 4.74 Å². The molecule has 1 saturated heterocycles. The molecule has 168 valence electrons. The van der Waals surface area contributed by atoms with Gasteiger partial charge in [-0.05, 0) is 29.7 Å². The summed E-state index contributed by atoms with van der Waals surface area (Å²) in [6, 6.07) is 14.4. The molecule has 5 nitrogen and oxygen atoms in total. The van der Waals surface area contributed by atoms with E-state index in [1.807, 2.05) is 35.2 Å². The van der Waals surface area contributed by atoms with Gasteiger partial charge in [-0.2, -0.15) is 12.6 Å². The Labute approximate surface area is 197 Å². The van der Waals surface area contributed by atoms with Crippen LogP contribution in [0.15, 0.2) is 42.5 Å². The van der Waals surface area contributed by atoms with E-state index in [2.05, 4.69) is 29.7 Å². The molecule has 30 heavy (non-hydrogen) atoms. The molecule has 0 spiro atoms. The maximum atomic E-state index is 13.3. The average molecular weight is 474 g/mol. The van der Waals surface area contributed by atoms with Crippen LogP contribution in [0, 0.1) is 0 Å². The minimum atomic E-state index is 0. The zero-order valence-corrected chi connectivity index (χ0v) is 19.9. The normalized spacial score (nSPS) is 17.8. The van der Waals surface area contributed by atoms with Crippen LogP contribution < -0.4 is 5.73 Å². The number of methoxy groups -OCH3 is 1. The van der Waals surface area contributed by atoms with Gasteiger partial charge in [0.1, 0.15) is 0 Å². The lowest BCUT2D eigenvalue weighted by Gasteiger charge is -2.42. The Morgan fingerprint density at radius 2 is 1.93 bits per heavy atom. The van der Waals surface area contributed by atoms with Crippen molar-refractivity contribution in [3.05, 3.63) is 48.0 Å². The molecule has 0 bridgehead atoms. The highest BCUT2D eigenvalue weighted by Gasteiger charge is 2.30. The number of carbonyl (C=O) groups excluding carboxylic acids is 1. The molecule has 0 unspecified atom stereocenters. The fraction of sp³-hybridized carbons (Fsp3) is 0.500. The van der Waals surface area contributed by atoms with Gasteiger partial charge in [-0.15, -0.1) is 24.8 Å². The van der Waals surface area contributed by atoms with E-state index in [-0.39, 0.29) is 36.8 Å². The van der Waals surface area contributed by atoms with E-state index in [1.165, 1.54) is 0 Å². The summed E-state index contributed by atoms with van der Waals surface area (Å²) in [6.07, 6.45) is 1.97. The SMILES string of the molecule is COCCC[C@H]1CN(C(=O)c2cccc3ccccc23)CCN1C[C@@H](N)CS.Cl.Cl. The number of amides is 1. The number of hydrogen-bond donors (Lipinski definition) is 2. The largest absolute Gasteiger partial charge is 0.385 e. The summed E-state index contributed by atoms with van der Waals surface area (Å²) in [5, 5.41) is 2.12. The molecule has 0 aliphatic carbocycles. The number of nitrogens with zero attached hydrogens (tertiary/aromatic N) is 2. The third-order valence-electron chi connectivity index (χ3n) is 5.50. The number of benzene rings is 2. The summed E-state index contributed by atoms with van der Waals surface area (Å²) in [4.78, 5) is 17.7. The van der Waals surface area contributed by atoms with E-state index >= 15 is 0 Å². The molecule has 3 rings (SSSR count). The standard InChI is InChI=1S/C22H31N3O2S.2ClH/c1-27-13-5-8-19-15-25(12-11-24(19)14-18(23)16-28)22(26)21-10-4-7-17-6-2-3-9-20(17)21;;/h2-4,6-7,9-10,18-19,28H,5,8,11-16,23H2,1H3;2*1H/t18-,19+;;/m1../s1. The number of nitrogens with two attached hydrogens (primary N) is 1. The van der Waals surface area contributed by atoms with E-state index in [4.69, 9.17) is 10.5 Å². The lowest BCUT2D eigenvalue weighted by atomic mass is 10.0. The number of ether oxygens (including phenoxy) is 1. The molecule has 0 radical (unpaired) electrons. The Balaban J connectivity index is 0.00000225. The van der Waals surface area contributed by atoms with Crippen LogP contribution in [-0.4, -0.2) is 73.4 Å². The average Bonchev–Trinajstić information content (AvgIpc) is 2.74. The lowest BCUT2D eigenvalue weighted by molar-refractivity contribution is 0.0432. The predicted octanol–water partition coefficient (Wildman–Crippen LogP) is 3.49. The molecule has 0 saturated carbocycles. The van der Waals surface area contributed by atoms with Gasteiger partial charge in [-0.3, -0.25) is 9.69 Å². The Morgan fingerprint density at radius 3 is 2.67 bits per heavy atom. The second kappa shape index (κ2) is 13.4. The van der Waals surface area contributed by atoms with Crippen LogP contribution >= 0.6 is 37.4 Å². The topological polar surface area (TPSA) is 58.8 Å². The van der Waals surface area contributed by atoms with Crippen LogP contribution in [0.25, 0.3) is 10.8 Å². The Hall–Kier alpha value is -1.02. The Bertz CT molecular complexity index is 791. The summed E-state index contributed by atoms with van der Waals surface area (Å²) in [7, 11) is 1.73. The minimum absolute atomic E-state index is 0. The van der Waals surface area contributed by atoms with Crippen molar-refractivity contribution in [1.82, 2.24) is 9.80 Å². The summed E-state index contributed by atoms with van der Waals surface area (Å²) >= 11 is 4.33. The fourth-order valence-corrected chi connectivity index (χ4v) is 4.11. The number of thiol groups is 1. The zero-order chi connectivity index (χ0) is 19.9. The number of carbonyl (C=O) groups is 1. The molecule has 2 aromatic carbocycles. The first-order valence-electron chi connectivity index (χ1n) is 10.0. The molecule has 1 amide bonds. The van der Waals surface area contributed by atoms with Crippen LogP contribution in [0.3, 0.4) is 0 Å². The summed E-state index contributed by atoms with van der Waals surface area (Å²) in [6.45, 7) is 3.85. The molecule has 2 N–H and O–H groups in total. The van der Waals surface area contributed by atoms with Crippen molar-refractivity contribution >= 4 is 54.1 Å². The molecule has 1 fully saturated rings. The third-order valence-corrected chi connectivity index (χ3v) is 5.97. The number of fused-ring (bicyclic) bond motifs is 1. The van der Waals surface area contributed by atoms with E-state index in [1.54, 1.807) is 7.11 Å². The molecule has 0 aromatic heterocycles. The Morgan fingerprint density at radius 1 is 1.20 bits per heavy atom. The van der Waals surface area contributed by atoms with Crippen LogP contribution in [0.5, 0.6) is 0 Å². The summed E-state index contributed by atoms with van der Waals surface area (Å²) < 4.78 is 5.23. The van der Waals surface area contributed by atoms with Crippen LogP contribution in [0.1, 0.15) is 23.2 Å². The van der Waals surface area contributed by atoms with E-state index in [0.717, 1.165) is 62.0 Å². The van der Waals surface area contributed by atoms with E-state index < -0.39 is 0 Å². The van der Waals surface area contributed by atoms with Crippen molar-refractivity contribution < 1.29 is 9.53 Å². The maximum Gasteiger partial charge on any atom is 0.254 e. The molecule has 8 heteroatoms. The molecule has 1 aliphatic rings. The molecule has 2 aromatic rings. The lowest BCUT2D eigenvalue weighted by Crippen LogP contribution is -2.57. The molecule has 2 atom stereocenters. The third kappa shape index (κ3) is 6.74. The predicted molar refractivity (Wildman–Crippen MR) is 133 cm³/mol. The number of rotatable bonds is 8. The van der Waals surface area contributed by atoms with Crippen LogP contribution in [0.2, 0.25) is 0 Å². The quantitative estimate of drug-likeness (QED) is 0.454. The molecule has 1 aliphatic heterocycles. The van der Waals surface area contributed by atoms with Crippen molar-refractivity contribution in [3.63, 3.8) is 0 Å². The highest BCUT2D eigenvalue weighted by molar-refractivity contribution is 7.80. The highest BCUT2D eigenvalue weighted by Crippen LogP contribution is 2.23. The first-order chi connectivity index (χ1) is 13.6. The minimum Gasteiger partial charge on any atom is -0.385 e. The van der Waals surface area contributed by atoms with Crippen molar-refractivity contribution in [2.75, 3.05) is 45.6 Å². The molecular weight excluding hydrogens is 441 g/mol. The maximum absolute atomic E-state index is 13.3. The fourth-order valence-electron chi connectivity index (χ4n) is 4.00. The van der Waals surface area contributed by atoms with Gasteiger partial charge in [0.2, 0.25) is 0 Å².